The van der Waals surface area contributed by atoms with E-state index in [1.54, 1.807) is 4.57 Å². The molecule has 2 rings (SSSR count). The van der Waals surface area contributed by atoms with Crippen LogP contribution in [0.15, 0.2) is 24.3 Å². The van der Waals surface area contributed by atoms with E-state index >= 15 is 0 Å². The van der Waals surface area contributed by atoms with Gasteiger partial charge in [-0.2, -0.15) is 5.10 Å². The Morgan fingerprint density at radius 1 is 1.53 bits per heavy atom. The number of benzene rings is 1. The highest BCUT2D eigenvalue weighted by Gasteiger charge is 2.06. The third-order valence-corrected chi connectivity index (χ3v) is 2.89. The SMILES string of the molecule is OCc1n[nH]c(=S)n1-c1cccc(I)c1. The van der Waals surface area contributed by atoms with Crippen LogP contribution in [-0.2, 0) is 6.61 Å². The van der Waals surface area contributed by atoms with Crippen molar-refractivity contribution in [1.82, 2.24) is 14.8 Å². The highest BCUT2D eigenvalue weighted by molar-refractivity contribution is 14.1. The van der Waals surface area contributed by atoms with E-state index in [1.807, 2.05) is 24.3 Å². The molecule has 0 bridgehead atoms. The number of aromatic amines is 1. The number of aliphatic hydroxyl groups excluding tert-OH is 1. The highest BCUT2D eigenvalue weighted by atomic mass is 127. The van der Waals surface area contributed by atoms with Crippen molar-refractivity contribution >= 4 is 34.8 Å². The lowest BCUT2D eigenvalue weighted by Gasteiger charge is -2.04. The van der Waals surface area contributed by atoms with Crippen LogP contribution in [0, 0.1) is 8.34 Å². The van der Waals surface area contributed by atoms with E-state index < -0.39 is 0 Å². The maximum absolute atomic E-state index is 9.11. The predicted molar refractivity (Wildman–Crippen MR) is 67.4 cm³/mol. The van der Waals surface area contributed by atoms with Crippen molar-refractivity contribution in [1.29, 1.82) is 0 Å². The Morgan fingerprint density at radius 2 is 2.33 bits per heavy atom. The van der Waals surface area contributed by atoms with Gasteiger partial charge in [0, 0.05) is 3.57 Å². The highest BCUT2D eigenvalue weighted by Crippen LogP contribution is 2.14. The van der Waals surface area contributed by atoms with Crippen LogP contribution in [0.4, 0.5) is 0 Å². The zero-order chi connectivity index (χ0) is 10.8. The summed E-state index contributed by atoms with van der Waals surface area (Å²) < 4.78 is 3.32. The summed E-state index contributed by atoms with van der Waals surface area (Å²) in [4.78, 5) is 0. The molecule has 1 aromatic heterocycles. The lowest BCUT2D eigenvalue weighted by Crippen LogP contribution is -2.01. The zero-order valence-electron chi connectivity index (χ0n) is 7.64. The Bertz CT molecular complexity index is 534. The summed E-state index contributed by atoms with van der Waals surface area (Å²) in [5, 5.41) is 15.7. The maximum Gasteiger partial charge on any atom is 0.199 e. The summed E-state index contributed by atoms with van der Waals surface area (Å²) in [7, 11) is 0. The normalized spacial score (nSPS) is 10.5. The van der Waals surface area contributed by atoms with Crippen molar-refractivity contribution in [2.24, 2.45) is 0 Å². The van der Waals surface area contributed by atoms with E-state index in [9.17, 15) is 0 Å². The van der Waals surface area contributed by atoms with Gasteiger partial charge in [-0.1, -0.05) is 6.07 Å². The molecule has 2 N–H and O–H groups in total. The standard InChI is InChI=1S/C9H8IN3OS/c10-6-2-1-3-7(4-6)13-8(5-14)11-12-9(13)15/h1-4,14H,5H2,(H,12,15). The predicted octanol–water partition coefficient (Wildman–Crippen LogP) is 2.03. The summed E-state index contributed by atoms with van der Waals surface area (Å²) >= 11 is 7.32. The van der Waals surface area contributed by atoms with Crippen LogP contribution in [0.25, 0.3) is 5.69 Å². The van der Waals surface area contributed by atoms with E-state index in [4.69, 9.17) is 17.3 Å². The van der Waals surface area contributed by atoms with Gasteiger partial charge in [-0.25, -0.2) is 0 Å². The second kappa shape index (κ2) is 4.42. The first-order chi connectivity index (χ1) is 7.22. The van der Waals surface area contributed by atoms with Gasteiger partial charge in [0.15, 0.2) is 10.6 Å². The summed E-state index contributed by atoms with van der Waals surface area (Å²) in [5.41, 5.74) is 0.907. The number of rotatable bonds is 2. The van der Waals surface area contributed by atoms with Gasteiger partial charge in [0.2, 0.25) is 0 Å². The minimum absolute atomic E-state index is 0.140. The van der Waals surface area contributed by atoms with Crippen molar-refractivity contribution in [3.63, 3.8) is 0 Å². The van der Waals surface area contributed by atoms with Crippen molar-refractivity contribution in [3.8, 4) is 5.69 Å². The fraction of sp³-hybridized carbons (Fsp3) is 0.111. The van der Waals surface area contributed by atoms with E-state index in [2.05, 4.69) is 32.8 Å². The first-order valence-corrected chi connectivity index (χ1v) is 5.74. The summed E-state index contributed by atoms with van der Waals surface area (Å²) in [6, 6.07) is 7.83. The molecular weight excluding hydrogens is 325 g/mol. The Hall–Kier alpha value is -0.730. The summed E-state index contributed by atoms with van der Waals surface area (Å²) in [6.07, 6.45) is 0. The molecule has 4 nitrogen and oxygen atoms in total. The van der Waals surface area contributed by atoms with Gasteiger partial charge in [-0.15, -0.1) is 0 Å². The fourth-order valence-corrected chi connectivity index (χ4v) is 2.10. The second-order valence-electron chi connectivity index (χ2n) is 2.92. The molecule has 15 heavy (non-hydrogen) atoms. The minimum atomic E-state index is -0.140. The molecule has 2 aromatic rings. The van der Waals surface area contributed by atoms with Gasteiger partial charge in [-0.3, -0.25) is 9.67 Å². The third kappa shape index (κ3) is 2.11. The third-order valence-electron chi connectivity index (χ3n) is 1.95. The smallest absolute Gasteiger partial charge is 0.199 e. The Morgan fingerprint density at radius 3 is 3.00 bits per heavy atom. The number of hydrogen-bond acceptors (Lipinski definition) is 3. The van der Waals surface area contributed by atoms with Crippen molar-refractivity contribution in [2.75, 3.05) is 0 Å². The summed E-state index contributed by atoms with van der Waals surface area (Å²) in [5.74, 6) is 0.516. The number of hydrogen-bond donors (Lipinski definition) is 2. The van der Waals surface area contributed by atoms with Crippen LogP contribution in [0.5, 0.6) is 0 Å². The number of nitrogens with one attached hydrogen (secondary N) is 1. The second-order valence-corrected chi connectivity index (χ2v) is 4.55. The molecule has 0 amide bonds. The summed E-state index contributed by atoms with van der Waals surface area (Å²) in [6.45, 7) is -0.140. The molecule has 0 aliphatic carbocycles. The number of H-pyrrole nitrogens is 1. The van der Waals surface area contributed by atoms with E-state index in [0.29, 0.717) is 10.6 Å². The molecule has 6 heteroatoms. The fourth-order valence-electron chi connectivity index (χ4n) is 1.32. The first-order valence-electron chi connectivity index (χ1n) is 4.25. The lowest BCUT2D eigenvalue weighted by molar-refractivity contribution is 0.269. The molecule has 0 spiro atoms. The molecule has 0 atom stereocenters. The van der Waals surface area contributed by atoms with Gasteiger partial charge in [0.1, 0.15) is 6.61 Å². The molecule has 1 aromatic carbocycles. The van der Waals surface area contributed by atoms with Crippen LogP contribution < -0.4 is 0 Å². The molecule has 0 saturated heterocycles. The number of halogens is 1. The number of aromatic nitrogens is 3. The van der Waals surface area contributed by atoms with E-state index in [1.165, 1.54) is 0 Å². The average Bonchev–Trinajstić information content (AvgIpc) is 2.59. The van der Waals surface area contributed by atoms with Crippen molar-refractivity contribution < 1.29 is 5.11 Å². The average molecular weight is 333 g/mol. The van der Waals surface area contributed by atoms with Crippen LogP contribution in [-0.4, -0.2) is 19.9 Å². The number of aliphatic hydroxyl groups is 1. The molecule has 78 valence electrons. The molecule has 0 aliphatic heterocycles. The van der Waals surface area contributed by atoms with E-state index in [0.717, 1.165) is 9.26 Å². The van der Waals surface area contributed by atoms with Crippen molar-refractivity contribution in [2.45, 2.75) is 6.61 Å². The molecular formula is C9H8IN3OS. The van der Waals surface area contributed by atoms with Gasteiger partial charge < -0.3 is 5.11 Å². The molecule has 0 aliphatic rings. The first kappa shape index (κ1) is 10.8. The van der Waals surface area contributed by atoms with Gasteiger partial charge in [-0.05, 0) is 53.0 Å². The maximum atomic E-state index is 9.11. The Labute approximate surface area is 105 Å². The van der Waals surface area contributed by atoms with E-state index in [-0.39, 0.29) is 6.61 Å². The van der Waals surface area contributed by atoms with Crippen LogP contribution in [0.3, 0.4) is 0 Å². The van der Waals surface area contributed by atoms with Crippen LogP contribution in [0.2, 0.25) is 0 Å². The molecule has 0 unspecified atom stereocenters. The number of nitrogens with zero attached hydrogens (tertiary/aromatic N) is 2. The zero-order valence-corrected chi connectivity index (χ0v) is 10.6. The lowest BCUT2D eigenvalue weighted by atomic mass is 10.3. The Kier molecular flexibility index (Phi) is 3.17. The van der Waals surface area contributed by atoms with Gasteiger partial charge >= 0.3 is 0 Å². The minimum Gasteiger partial charge on any atom is -0.388 e. The largest absolute Gasteiger partial charge is 0.388 e. The van der Waals surface area contributed by atoms with Gasteiger partial charge in [0.25, 0.3) is 0 Å². The van der Waals surface area contributed by atoms with Crippen LogP contribution >= 0.6 is 34.8 Å². The topological polar surface area (TPSA) is 53.8 Å². The molecule has 0 radical (unpaired) electrons. The van der Waals surface area contributed by atoms with Crippen molar-refractivity contribution in [3.05, 3.63) is 38.4 Å². The molecule has 0 saturated carbocycles. The molecule has 1 heterocycles. The van der Waals surface area contributed by atoms with Crippen LogP contribution in [0.1, 0.15) is 5.82 Å². The quantitative estimate of drug-likeness (QED) is 0.653. The molecule has 0 fully saturated rings. The van der Waals surface area contributed by atoms with Gasteiger partial charge in [0.05, 0.1) is 5.69 Å². The Balaban J connectivity index is 2.62. The monoisotopic (exact) mass is 333 g/mol.